The van der Waals surface area contributed by atoms with Crippen LogP contribution in [0.15, 0.2) is 53.6 Å². The Morgan fingerprint density at radius 3 is 2.54 bits per heavy atom. The van der Waals surface area contributed by atoms with Gasteiger partial charge in [-0.05, 0) is 55.8 Å². The molecular weight excluding hydrogens is 358 g/mol. The number of methoxy groups -OCH3 is 1. The van der Waals surface area contributed by atoms with E-state index in [-0.39, 0.29) is 30.9 Å². The number of amides is 2. The molecular formula is C21H25N3O4. The summed E-state index contributed by atoms with van der Waals surface area (Å²) >= 11 is 0. The second kappa shape index (κ2) is 10.7. The molecule has 7 nitrogen and oxygen atoms in total. The summed E-state index contributed by atoms with van der Waals surface area (Å²) in [5.41, 5.74) is 3.76. The van der Waals surface area contributed by atoms with E-state index >= 15 is 0 Å². The molecule has 2 aromatic carbocycles. The minimum atomic E-state index is -0.291. The van der Waals surface area contributed by atoms with Crippen molar-refractivity contribution in [2.24, 2.45) is 5.10 Å². The fraction of sp³-hybridized carbons (Fsp3) is 0.286. The molecule has 2 rings (SSSR count). The first-order valence-electron chi connectivity index (χ1n) is 8.99. The molecule has 148 valence electrons. The molecule has 0 saturated heterocycles. The van der Waals surface area contributed by atoms with Crippen molar-refractivity contribution < 1.29 is 19.1 Å². The molecule has 2 aromatic rings. The molecule has 0 aromatic heterocycles. The number of nitrogens with one attached hydrogen (secondary N) is 2. The third-order valence-electron chi connectivity index (χ3n) is 3.62. The SMILES string of the molecule is COc1ccc(C(=O)NCCC(=O)NN=Cc2cccc(OC(C)C)c2)cc1. The highest BCUT2D eigenvalue weighted by molar-refractivity contribution is 5.94. The van der Waals surface area contributed by atoms with Gasteiger partial charge >= 0.3 is 0 Å². The summed E-state index contributed by atoms with van der Waals surface area (Å²) in [7, 11) is 1.56. The van der Waals surface area contributed by atoms with Crippen molar-refractivity contribution in [3.05, 3.63) is 59.7 Å². The highest BCUT2D eigenvalue weighted by Gasteiger charge is 2.06. The highest BCUT2D eigenvalue weighted by Crippen LogP contribution is 2.13. The quantitative estimate of drug-likeness (QED) is 0.515. The lowest BCUT2D eigenvalue weighted by Gasteiger charge is -2.09. The Morgan fingerprint density at radius 2 is 1.86 bits per heavy atom. The van der Waals surface area contributed by atoms with Crippen LogP contribution in [0.3, 0.4) is 0 Å². The van der Waals surface area contributed by atoms with E-state index in [1.54, 1.807) is 37.6 Å². The molecule has 0 saturated carbocycles. The summed E-state index contributed by atoms with van der Waals surface area (Å²) in [5.74, 6) is 0.878. The molecule has 2 N–H and O–H groups in total. The van der Waals surface area contributed by atoms with Crippen LogP contribution in [0.4, 0.5) is 0 Å². The van der Waals surface area contributed by atoms with Crippen LogP contribution >= 0.6 is 0 Å². The zero-order valence-electron chi connectivity index (χ0n) is 16.3. The third-order valence-corrected chi connectivity index (χ3v) is 3.62. The Hall–Kier alpha value is -3.35. The predicted molar refractivity (Wildman–Crippen MR) is 108 cm³/mol. The van der Waals surface area contributed by atoms with Crippen molar-refractivity contribution in [1.82, 2.24) is 10.7 Å². The lowest BCUT2D eigenvalue weighted by Crippen LogP contribution is -2.29. The fourth-order valence-corrected chi connectivity index (χ4v) is 2.31. The maximum atomic E-state index is 12.0. The predicted octanol–water partition coefficient (Wildman–Crippen LogP) is 2.75. The Bertz CT molecular complexity index is 817. The average Bonchev–Trinajstić information content (AvgIpc) is 2.68. The van der Waals surface area contributed by atoms with Gasteiger partial charge in [0.1, 0.15) is 11.5 Å². The molecule has 0 radical (unpaired) electrons. The molecule has 0 heterocycles. The van der Waals surface area contributed by atoms with Gasteiger partial charge in [-0.25, -0.2) is 5.43 Å². The van der Waals surface area contributed by atoms with Crippen LogP contribution in [-0.2, 0) is 4.79 Å². The van der Waals surface area contributed by atoms with Crippen LogP contribution in [0.25, 0.3) is 0 Å². The van der Waals surface area contributed by atoms with Gasteiger partial charge in [-0.3, -0.25) is 9.59 Å². The zero-order valence-corrected chi connectivity index (χ0v) is 16.3. The van der Waals surface area contributed by atoms with Crippen molar-refractivity contribution >= 4 is 18.0 Å². The van der Waals surface area contributed by atoms with E-state index in [4.69, 9.17) is 9.47 Å². The Balaban J connectivity index is 1.73. The first-order valence-corrected chi connectivity index (χ1v) is 8.99. The molecule has 0 aliphatic rings. The normalized spacial score (nSPS) is 10.7. The van der Waals surface area contributed by atoms with Crippen molar-refractivity contribution in [3.63, 3.8) is 0 Å². The Morgan fingerprint density at radius 1 is 1.11 bits per heavy atom. The molecule has 28 heavy (non-hydrogen) atoms. The van der Waals surface area contributed by atoms with Crippen molar-refractivity contribution in [2.75, 3.05) is 13.7 Å². The average molecular weight is 383 g/mol. The monoisotopic (exact) mass is 383 g/mol. The van der Waals surface area contributed by atoms with E-state index in [0.717, 1.165) is 11.3 Å². The first-order chi connectivity index (χ1) is 13.5. The number of benzene rings is 2. The van der Waals surface area contributed by atoms with E-state index in [2.05, 4.69) is 15.8 Å². The minimum Gasteiger partial charge on any atom is -0.497 e. The lowest BCUT2D eigenvalue weighted by molar-refractivity contribution is -0.120. The van der Waals surface area contributed by atoms with E-state index in [1.807, 2.05) is 38.1 Å². The lowest BCUT2D eigenvalue weighted by atomic mass is 10.2. The number of hydrogen-bond donors (Lipinski definition) is 2. The largest absolute Gasteiger partial charge is 0.497 e. The number of ether oxygens (including phenoxy) is 2. The number of rotatable bonds is 9. The van der Waals surface area contributed by atoms with E-state index in [0.29, 0.717) is 11.3 Å². The van der Waals surface area contributed by atoms with Crippen molar-refractivity contribution in [2.45, 2.75) is 26.4 Å². The summed E-state index contributed by atoms with van der Waals surface area (Å²) < 4.78 is 10.7. The number of nitrogens with zero attached hydrogens (tertiary/aromatic N) is 1. The zero-order chi connectivity index (χ0) is 20.4. The van der Waals surface area contributed by atoms with Gasteiger partial charge in [0.25, 0.3) is 5.91 Å². The topological polar surface area (TPSA) is 89.0 Å². The molecule has 0 unspecified atom stereocenters. The Labute approximate surface area is 164 Å². The molecule has 0 aliphatic heterocycles. The van der Waals surface area contributed by atoms with Crippen LogP contribution in [-0.4, -0.2) is 37.8 Å². The van der Waals surface area contributed by atoms with Gasteiger partial charge in [0.15, 0.2) is 0 Å². The van der Waals surface area contributed by atoms with E-state index in [1.165, 1.54) is 0 Å². The van der Waals surface area contributed by atoms with Crippen LogP contribution < -0.4 is 20.2 Å². The number of carbonyl (C=O) groups is 2. The third kappa shape index (κ3) is 7.11. The standard InChI is InChI=1S/C21H25N3O4/c1-15(2)28-19-6-4-5-16(13-19)14-23-24-20(25)11-12-22-21(26)17-7-9-18(27-3)10-8-17/h4-10,13-15H,11-12H2,1-3H3,(H,22,26)(H,24,25). The molecule has 0 aliphatic carbocycles. The minimum absolute atomic E-state index is 0.0833. The number of hydrazone groups is 1. The van der Waals surface area contributed by atoms with Gasteiger partial charge in [-0.2, -0.15) is 5.10 Å². The number of carbonyl (C=O) groups excluding carboxylic acids is 2. The molecule has 0 atom stereocenters. The van der Waals surface area contributed by atoms with Gasteiger partial charge in [0.2, 0.25) is 5.91 Å². The first kappa shape index (κ1) is 21.0. The van der Waals surface area contributed by atoms with Gasteiger partial charge < -0.3 is 14.8 Å². The molecule has 0 bridgehead atoms. The molecule has 2 amide bonds. The molecule has 0 spiro atoms. The maximum Gasteiger partial charge on any atom is 0.251 e. The second-order valence-corrected chi connectivity index (χ2v) is 6.27. The highest BCUT2D eigenvalue weighted by atomic mass is 16.5. The van der Waals surface area contributed by atoms with E-state index < -0.39 is 0 Å². The summed E-state index contributed by atoms with van der Waals surface area (Å²) in [6.07, 6.45) is 1.75. The number of hydrogen-bond acceptors (Lipinski definition) is 5. The van der Waals surface area contributed by atoms with Crippen LogP contribution in [0.5, 0.6) is 11.5 Å². The van der Waals surface area contributed by atoms with Gasteiger partial charge in [0, 0.05) is 18.5 Å². The van der Waals surface area contributed by atoms with Crippen LogP contribution in [0.2, 0.25) is 0 Å². The summed E-state index contributed by atoms with van der Waals surface area (Å²) in [6.45, 7) is 4.12. The molecule has 0 fully saturated rings. The van der Waals surface area contributed by atoms with Crippen molar-refractivity contribution in [3.8, 4) is 11.5 Å². The van der Waals surface area contributed by atoms with Gasteiger partial charge in [-0.1, -0.05) is 12.1 Å². The second-order valence-electron chi connectivity index (χ2n) is 6.27. The smallest absolute Gasteiger partial charge is 0.251 e. The van der Waals surface area contributed by atoms with E-state index in [9.17, 15) is 9.59 Å². The fourth-order valence-electron chi connectivity index (χ4n) is 2.31. The summed E-state index contributed by atoms with van der Waals surface area (Å²) in [5, 5.41) is 6.62. The Kier molecular flexibility index (Phi) is 8.02. The van der Waals surface area contributed by atoms with Gasteiger partial charge in [-0.15, -0.1) is 0 Å². The maximum absolute atomic E-state index is 12.0. The summed E-state index contributed by atoms with van der Waals surface area (Å²) in [4.78, 5) is 23.8. The van der Waals surface area contributed by atoms with Crippen LogP contribution in [0.1, 0.15) is 36.2 Å². The van der Waals surface area contributed by atoms with Crippen molar-refractivity contribution in [1.29, 1.82) is 0 Å². The summed E-state index contributed by atoms with van der Waals surface area (Å²) in [6, 6.07) is 14.2. The van der Waals surface area contributed by atoms with Gasteiger partial charge in [0.05, 0.1) is 19.4 Å². The molecule has 7 heteroatoms. The van der Waals surface area contributed by atoms with Crippen LogP contribution in [0, 0.1) is 0 Å².